The quantitative estimate of drug-likeness (QED) is 0.807. The molecule has 7 heteroatoms. The maximum Gasteiger partial charge on any atom is 0.359 e. The third-order valence-electron chi connectivity index (χ3n) is 2.97. The monoisotopic (exact) mass is 315 g/mol. The fraction of sp³-hybridized carbons (Fsp3) is 0.250. The van der Waals surface area contributed by atoms with Crippen molar-refractivity contribution in [2.24, 2.45) is 0 Å². The van der Waals surface area contributed by atoms with E-state index in [-0.39, 0.29) is 12.3 Å². The SMILES string of the molecule is COc1ccc(CNC(=O)COC(=O)c2cnc(C)cn2)cc1. The van der Waals surface area contributed by atoms with Crippen LogP contribution in [0.4, 0.5) is 0 Å². The Morgan fingerprint density at radius 3 is 2.48 bits per heavy atom. The molecule has 0 unspecified atom stereocenters. The number of hydrogen-bond donors (Lipinski definition) is 1. The zero-order valence-corrected chi connectivity index (χ0v) is 12.9. The number of carbonyl (C=O) groups excluding carboxylic acids is 2. The second-order valence-corrected chi connectivity index (χ2v) is 4.74. The number of methoxy groups -OCH3 is 1. The maximum atomic E-state index is 11.7. The van der Waals surface area contributed by atoms with E-state index in [1.807, 2.05) is 12.1 Å². The number of benzene rings is 1. The molecular weight excluding hydrogens is 298 g/mol. The van der Waals surface area contributed by atoms with Crippen LogP contribution in [0.15, 0.2) is 36.7 Å². The Bertz CT molecular complexity index is 669. The first-order valence-corrected chi connectivity index (χ1v) is 6.94. The van der Waals surface area contributed by atoms with Crippen molar-refractivity contribution in [1.82, 2.24) is 15.3 Å². The van der Waals surface area contributed by atoms with Crippen LogP contribution in [-0.2, 0) is 16.1 Å². The third kappa shape index (κ3) is 5.06. The number of esters is 1. The Kier molecular flexibility index (Phi) is 5.62. The average Bonchev–Trinajstić information content (AvgIpc) is 2.59. The van der Waals surface area contributed by atoms with Gasteiger partial charge in [-0.3, -0.25) is 9.78 Å². The number of nitrogens with zero attached hydrogens (tertiary/aromatic N) is 2. The summed E-state index contributed by atoms with van der Waals surface area (Å²) in [6.45, 7) is 1.73. The van der Waals surface area contributed by atoms with Gasteiger partial charge in [-0.05, 0) is 24.6 Å². The van der Waals surface area contributed by atoms with Gasteiger partial charge >= 0.3 is 5.97 Å². The zero-order valence-electron chi connectivity index (χ0n) is 12.9. The number of hydrogen-bond acceptors (Lipinski definition) is 6. The summed E-state index contributed by atoms with van der Waals surface area (Å²) in [6.07, 6.45) is 2.77. The van der Waals surface area contributed by atoms with E-state index in [1.165, 1.54) is 12.4 Å². The molecule has 0 aliphatic heterocycles. The van der Waals surface area contributed by atoms with Crippen molar-refractivity contribution >= 4 is 11.9 Å². The molecule has 1 aromatic heterocycles. The summed E-state index contributed by atoms with van der Waals surface area (Å²) in [5.41, 5.74) is 1.67. The topological polar surface area (TPSA) is 90.4 Å². The fourth-order valence-electron chi connectivity index (χ4n) is 1.70. The van der Waals surface area contributed by atoms with Gasteiger partial charge in [-0.15, -0.1) is 0 Å². The number of rotatable bonds is 6. The Balaban J connectivity index is 1.76. The predicted octanol–water partition coefficient (Wildman–Crippen LogP) is 1.27. The Morgan fingerprint density at radius 1 is 1.13 bits per heavy atom. The van der Waals surface area contributed by atoms with Gasteiger partial charge in [-0.2, -0.15) is 0 Å². The number of nitrogens with one attached hydrogen (secondary N) is 1. The minimum atomic E-state index is -0.683. The van der Waals surface area contributed by atoms with Crippen LogP contribution in [0.5, 0.6) is 5.75 Å². The van der Waals surface area contributed by atoms with Crippen LogP contribution < -0.4 is 10.1 Å². The average molecular weight is 315 g/mol. The van der Waals surface area contributed by atoms with Crippen molar-refractivity contribution in [3.05, 3.63) is 53.6 Å². The number of carbonyl (C=O) groups is 2. The van der Waals surface area contributed by atoms with E-state index in [1.54, 1.807) is 26.2 Å². The zero-order chi connectivity index (χ0) is 16.7. The normalized spacial score (nSPS) is 10.0. The maximum absolute atomic E-state index is 11.7. The first-order chi connectivity index (χ1) is 11.1. The number of aryl methyl sites for hydroxylation is 1. The molecule has 0 aliphatic rings. The minimum Gasteiger partial charge on any atom is -0.497 e. The highest BCUT2D eigenvalue weighted by Crippen LogP contribution is 2.10. The van der Waals surface area contributed by atoms with Gasteiger partial charge in [0.05, 0.1) is 19.0 Å². The number of ether oxygens (including phenoxy) is 2. The van der Waals surface area contributed by atoms with E-state index >= 15 is 0 Å². The molecule has 2 rings (SSSR count). The summed E-state index contributed by atoms with van der Waals surface area (Å²) in [5, 5.41) is 2.66. The second-order valence-electron chi connectivity index (χ2n) is 4.74. The van der Waals surface area contributed by atoms with Crippen molar-refractivity contribution < 1.29 is 19.1 Å². The molecule has 23 heavy (non-hydrogen) atoms. The molecule has 0 saturated heterocycles. The molecule has 0 aliphatic carbocycles. The van der Waals surface area contributed by atoms with Crippen molar-refractivity contribution in [1.29, 1.82) is 0 Å². The lowest BCUT2D eigenvalue weighted by Crippen LogP contribution is -2.28. The number of amides is 1. The van der Waals surface area contributed by atoms with Gasteiger partial charge in [0.25, 0.3) is 5.91 Å². The fourth-order valence-corrected chi connectivity index (χ4v) is 1.70. The molecule has 1 aromatic carbocycles. The summed E-state index contributed by atoms with van der Waals surface area (Å²) >= 11 is 0. The summed E-state index contributed by atoms with van der Waals surface area (Å²) in [7, 11) is 1.59. The molecule has 0 saturated carbocycles. The van der Waals surface area contributed by atoms with Crippen LogP contribution in [0.1, 0.15) is 21.7 Å². The van der Waals surface area contributed by atoms with Gasteiger partial charge in [-0.1, -0.05) is 12.1 Å². The van der Waals surface area contributed by atoms with E-state index in [4.69, 9.17) is 9.47 Å². The van der Waals surface area contributed by atoms with Gasteiger partial charge in [0.15, 0.2) is 12.3 Å². The van der Waals surface area contributed by atoms with Crippen LogP contribution in [-0.4, -0.2) is 35.6 Å². The van der Waals surface area contributed by atoms with Gasteiger partial charge in [0.2, 0.25) is 0 Å². The van der Waals surface area contributed by atoms with Crippen LogP contribution in [0.3, 0.4) is 0 Å². The van der Waals surface area contributed by atoms with Gasteiger partial charge < -0.3 is 14.8 Å². The number of aromatic nitrogens is 2. The lowest BCUT2D eigenvalue weighted by molar-refractivity contribution is -0.124. The lowest BCUT2D eigenvalue weighted by Gasteiger charge is -2.07. The molecule has 0 spiro atoms. The standard InChI is InChI=1S/C16H17N3O4/c1-11-7-18-14(9-17-11)16(21)23-10-15(20)19-8-12-3-5-13(22-2)6-4-12/h3-7,9H,8,10H2,1-2H3,(H,19,20). The van der Waals surface area contributed by atoms with Crippen molar-refractivity contribution in [3.63, 3.8) is 0 Å². The van der Waals surface area contributed by atoms with E-state index in [2.05, 4.69) is 15.3 Å². The molecule has 0 radical (unpaired) electrons. The molecule has 120 valence electrons. The Labute approximate surface area is 133 Å². The highest BCUT2D eigenvalue weighted by Gasteiger charge is 2.11. The highest BCUT2D eigenvalue weighted by atomic mass is 16.5. The van der Waals surface area contributed by atoms with Crippen molar-refractivity contribution in [3.8, 4) is 5.75 Å². The first-order valence-electron chi connectivity index (χ1n) is 6.94. The van der Waals surface area contributed by atoms with Crippen LogP contribution in [0.2, 0.25) is 0 Å². The lowest BCUT2D eigenvalue weighted by atomic mass is 10.2. The minimum absolute atomic E-state index is 0.0681. The summed E-state index contributed by atoms with van der Waals surface area (Å²) in [4.78, 5) is 31.2. The molecule has 0 bridgehead atoms. The smallest absolute Gasteiger partial charge is 0.359 e. The van der Waals surface area contributed by atoms with Gasteiger partial charge in [-0.25, -0.2) is 9.78 Å². The first kappa shape index (κ1) is 16.4. The van der Waals surface area contributed by atoms with Gasteiger partial charge in [0, 0.05) is 12.7 Å². The van der Waals surface area contributed by atoms with E-state index in [0.29, 0.717) is 12.2 Å². The highest BCUT2D eigenvalue weighted by molar-refractivity contribution is 5.89. The molecule has 1 N–H and O–H groups in total. The molecule has 7 nitrogen and oxygen atoms in total. The van der Waals surface area contributed by atoms with Crippen molar-refractivity contribution in [2.75, 3.05) is 13.7 Å². The van der Waals surface area contributed by atoms with E-state index in [9.17, 15) is 9.59 Å². The van der Waals surface area contributed by atoms with Gasteiger partial charge in [0.1, 0.15) is 5.75 Å². The summed E-state index contributed by atoms with van der Waals surface area (Å²) in [5.74, 6) is -0.334. The molecule has 0 fully saturated rings. The molecule has 1 heterocycles. The Hall–Kier alpha value is -2.96. The molecule has 2 aromatic rings. The van der Waals surface area contributed by atoms with Crippen LogP contribution in [0.25, 0.3) is 0 Å². The summed E-state index contributed by atoms with van der Waals surface area (Å²) < 4.78 is 9.93. The predicted molar refractivity (Wildman–Crippen MR) is 81.9 cm³/mol. The van der Waals surface area contributed by atoms with Crippen LogP contribution >= 0.6 is 0 Å². The Morgan fingerprint density at radius 2 is 1.87 bits per heavy atom. The summed E-state index contributed by atoms with van der Waals surface area (Å²) in [6, 6.07) is 7.29. The van der Waals surface area contributed by atoms with E-state index in [0.717, 1.165) is 11.3 Å². The molecule has 1 amide bonds. The molecule has 0 atom stereocenters. The second kappa shape index (κ2) is 7.88. The largest absolute Gasteiger partial charge is 0.497 e. The third-order valence-corrected chi connectivity index (χ3v) is 2.97. The van der Waals surface area contributed by atoms with Crippen LogP contribution in [0, 0.1) is 6.92 Å². The van der Waals surface area contributed by atoms with Crippen molar-refractivity contribution in [2.45, 2.75) is 13.5 Å². The molecular formula is C16H17N3O4. The van der Waals surface area contributed by atoms with E-state index < -0.39 is 11.9 Å².